The maximum Gasteiger partial charge on any atom is 0.267 e. The lowest BCUT2D eigenvalue weighted by atomic mass is 10.3. The van der Waals surface area contributed by atoms with Gasteiger partial charge in [-0.15, -0.1) is 11.3 Å². The van der Waals surface area contributed by atoms with Crippen molar-refractivity contribution in [1.29, 1.82) is 0 Å². The van der Waals surface area contributed by atoms with E-state index in [0.29, 0.717) is 26.3 Å². The first kappa shape index (κ1) is 15.9. The standard InChI is InChI=1S/C16H11Cl2N3OS/c1-9-14(23-16(20-9)10-3-2-4-19-8-10)15(22)21-13-6-11(17)5-12(18)7-13/h2-8H,1H3,(H,21,22). The van der Waals surface area contributed by atoms with E-state index in [-0.39, 0.29) is 5.91 Å². The maximum atomic E-state index is 12.5. The Hall–Kier alpha value is -1.95. The highest BCUT2D eigenvalue weighted by molar-refractivity contribution is 7.17. The van der Waals surface area contributed by atoms with Crippen molar-refractivity contribution in [3.63, 3.8) is 0 Å². The molecule has 0 aliphatic rings. The van der Waals surface area contributed by atoms with E-state index in [9.17, 15) is 4.79 Å². The summed E-state index contributed by atoms with van der Waals surface area (Å²) in [5, 5.41) is 4.47. The summed E-state index contributed by atoms with van der Waals surface area (Å²) < 4.78 is 0. The number of hydrogen-bond acceptors (Lipinski definition) is 4. The fourth-order valence-electron chi connectivity index (χ4n) is 2.03. The molecule has 0 saturated heterocycles. The van der Waals surface area contributed by atoms with Crippen LogP contribution < -0.4 is 5.32 Å². The fourth-order valence-corrected chi connectivity index (χ4v) is 3.51. The summed E-state index contributed by atoms with van der Waals surface area (Å²) >= 11 is 13.2. The van der Waals surface area contributed by atoms with Crippen LogP contribution in [0.3, 0.4) is 0 Å². The predicted octanol–water partition coefficient (Wildman–Crippen LogP) is 5.07. The lowest BCUT2D eigenvalue weighted by Crippen LogP contribution is -2.11. The molecule has 23 heavy (non-hydrogen) atoms. The third kappa shape index (κ3) is 3.69. The monoisotopic (exact) mass is 363 g/mol. The highest BCUT2D eigenvalue weighted by Crippen LogP contribution is 2.29. The van der Waals surface area contributed by atoms with E-state index >= 15 is 0 Å². The molecule has 3 aromatic rings. The first-order valence-corrected chi connectivity index (χ1v) is 8.25. The molecular weight excluding hydrogens is 353 g/mol. The maximum absolute atomic E-state index is 12.5. The molecule has 0 saturated carbocycles. The van der Waals surface area contributed by atoms with Crippen molar-refractivity contribution < 1.29 is 4.79 Å². The lowest BCUT2D eigenvalue weighted by molar-refractivity contribution is 0.103. The normalized spacial score (nSPS) is 10.6. The Morgan fingerprint density at radius 3 is 2.61 bits per heavy atom. The number of carbonyl (C=O) groups excluding carboxylic acids is 1. The molecule has 116 valence electrons. The third-order valence-electron chi connectivity index (χ3n) is 3.03. The van der Waals surface area contributed by atoms with Crippen LogP contribution in [0.5, 0.6) is 0 Å². The predicted molar refractivity (Wildman–Crippen MR) is 94.5 cm³/mol. The zero-order valence-electron chi connectivity index (χ0n) is 12.0. The second kappa shape index (κ2) is 6.66. The third-order valence-corrected chi connectivity index (χ3v) is 4.67. The van der Waals surface area contributed by atoms with Crippen molar-refractivity contribution in [1.82, 2.24) is 9.97 Å². The van der Waals surface area contributed by atoms with Crippen molar-refractivity contribution in [2.45, 2.75) is 6.92 Å². The van der Waals surface area contributed by atoms with Crippen LogP contribution in [0.1, 0.15) is 15.4 Å². The van der Waals surface area contributed by atoms with Gasteiger partial charge in [0, 0.05) is 33.7 Å². The molecule has 7 heteroatoms. The number of hydrogen-bond donors (Lipinski definition) is 1. The molecule has 1 aromatic carbocycles. The number of nitrogens with zero attached hydrogens (tertiary/aromatic N) is 2. The van der Waals surface area contributed by atoms with E-state index in [4.69, 9.17) is 23.2 Å². The van der Waals surface area contributed by atoms with Gasteiger partial charge in [0.05, 0.1) is 5.69 Å². The Morgan fingerprint density at radius 1 is 1.22 bits per heavy atom. The van der Waals surface area contributed by atoms with Crippen molar-refractivity contribution in [3.05, 3.63) is 63.3 Å². The molecule has 0 fully saturated rings. The summed E-state index contributed by atoms with van der Waals surface area (Å²) in [4.78, 5) is 21.5. The molecule has 0 unspecified atom stereocenters. The van der Waals surface area contributed by atoms with Gasteiger partial charge in [0.25, 0.3) is 5.91 Å². The highest BCUT2D eigenvalue weighted by atomic mass is 35.5. The second-order valence-electron chi connectivity index (χ2n) is 4.79. The van der Waals surface area contributed by atoms with Crippen molar-refractivity contribution in [2.24, 2.45) is 0 Å². The number of pyridine rings is 1. The van der Waals surface area contributed by atoms with Crippen LogP contribution in [-0.4, -0.2) is 15.9 Å². The summed E-state index contributed by atoms with van der Waals surface area (Å²) in [5.74, 6) is -0.242. The van der Waals surface area contributed by atoms with E-state index in [1.165, 1.54) is 11.3 Å². The van der Waals surface area contributed by atoms with Crippen molar-refractivity contribution in [2.75, 3.05) is 5.32 Å². The molecule has 0 spiro atoms. The number of aromatic nitrogens is 2. The minimum absolute atomic E-state index is 0.242. The number of benzene rings is 1. The number of aryl methyl sites for hydroxylation is 1. The fraction of sp³-hybridized carbons (Fsp3) is 0.0625. The second-order valence-corrected chi connectivity index (χ2v) is 6.66. The van der Waals surface area contributed by atoms with Gasteiger partial charge < -0.3 is 5.32 Å². The molecule has 2 heterocycles. The molecule has 2 aromatic heterocycles. The molecule has 1 N–H and O–H groups in total. The van der Waals surface area contributed by atoms with Gasteiger partial charge in [-0.3, -0.25) is 9.78 Å². The Labute approximate surface area is 147 Å². The highest BCUT2D eigenvalue weighted by Gasteiger charge is 2.16. The molecular formula is C16H11Cl2N3OS. The Morgan fingerprint density at radius 2 is 1.96 bits per heavy atom. The number of thiazole rings is 1. The molecule has 0 radical (unpaired) electrons. The number of carbonyl (C=O) groups is 1. The minimum Gasteiger partial charge on any atom is -0.321 e. The SMILES string of the molecule is Cc1nc(-c2cccnc2)sc1C(=O)Nc1cc(Cl)cc(Cl)c1. The van der Waals surface area contributed by atoms with Gasteiger partial charge in [0.1, 0.15) is 9.88 Å². The molecule has 4 nitrogen and oxygen atoms in total. The first-order chi connectivity index (χ1) is 11.0. The molecule has 3 rings (SSSR count). The average molecular weight is 364 g/mol. The smallest absolute Gasteiger partial charge is 0.267 e. The summed E-state index contributed by atoms with van der Waals surface area (Å²) in [6.07, 6.45) is 3.41. The summed E-state index contributed by atoms with van der Waals surface area (Å²) in [7, 11) is 0. The van der Waals surface area contributed by atoms with Gasteiger partial charge in [-0.2, -0.15) is 0 Å². The van der Waals surface area contributed by atoms with Gasteiger partial charge >= 0.3 is 0 Å². The number of nitrogens with one attached hydrogen (secondary N) is 1. The Bertz CT molecular complexity index is 845. The number of halogens is 2. The zero-order chi connectivity index (χ0) is 16.4. The summed E-state index contributed by atoms with van der Waals surface area (Å²) in [6, 6.07) is 8.63. The van der Waals surface area contributed by atoms with Crippen LogP contribution in [0.25, 0.3) is 10.6 Å². The zero-order valence-corrected chi connectivity index (χ0v) is 14.3. The van der Waals surface area contributed by atoms with Crippen LogP contribution in [0.2, 0.25) is 10.0 Å². The largest absolute Gasteiger partial charge is 0.321 e. The average Bonchev–Trinajstić information content (AvgIpc) is 2.89. The Kier molecular flexibility index (Phi) is 4.61. The molecule has 0 aliphatic carbocycles. The molecule has 1 amide bonds. The van der Waals surface area contributed by atoms with Crippen LogP contribution in [-0.2, 0) is 0 Å². The van der Waals surface area contributed by atoms with Gasteiger partial charge in [-0.05, 0) is 37.3 Å². The van der Waals surface area contributed by atoms with Crippen molar-refractivity contribution in [3.8, 4) is 10.6 Å². The summed E-state index contributed by atoms with van der Waals surface area (Å²) in [6.45, 7) is 1.80. The molecule has 0 bridgehead atoms. The van der Waals surface area contributed by atoms with Crippen LogP contribution in [0.4, 0.5) is 5.69 Å². The van der Waals surface area contributed by atoms with Crippen LogP contribution in [0, 0.1) is 6.92 Å². The van der Waals surface area contributed by atoms with E-state index in [0.717, 1.165) is 10.6 Å². The van der Waals surface area contributed by atoms with Gasteiger partial charge in [-0.1, -0.05) is 23.2 Å². The van der Waals surface area contributed by atoms with Crippen LogP contribution in [0.15, 0.2) is 42.7 Å². The molecule has 0 aliphatic heterocycles. The minimum atomic E-state index is -0.242. The van der Waals surface area contributed by atoms with E-state index in [1.54, 1.807) is 37.5 Å². The van der Waals surface area contributed by atoms with E-state index in [1.807, 2.05) is 12.1 Å². The van der Waals surface area contributed by atoms with Crippen molar-refractivity contribution >= 4 is 46.1 Å². The van der Waals surface area contributed by atoms with Gasteiger partial charge in [0.2, 0.25) is 0 Å². The number of anilines is 1. The van der Waals surface area contributed by atoms with E-state index in [2.05, 4.69) is 15.3 Å². The molecule has 0 atom stereocenters. The number of amides is 1. The summed E-state index contributed by atoms with van der Waals surface area (Å²) in [5.41, 5.74) is 2.09. The number of rotatable bonds is 3. The van der Waals surface area contributed by atoms with Gasteiger partial charge in [-0.25, -0.2) is 4.98 Å². The topological polar surface area (TPSA) is 54.9 Å². The lowest BCUT2D eigenvalue weighted by Gasteiger charge is -2.05. The van der Waals surface area contributed by atoms with Crippen LogP contribution >= 0.6 is 34.5 Å². The van der Waals surface area contributed by atoms with E-state index < -0.39 is 0 Å². The Balaban J connectivity index is 1.87. The van der Waals surface area contributed by atoms with Gasteiger partial charge in [0.15, 0.2) is 0 Å². The first-order valence-electron chi connectivity index (χ1n) is 6.68. The quantitative estimate of drug-likeness (QED) is 0.706.